The van der Waals surface area contributed by atoms with Gasteiger partial charge in [-0.25, -0.2) is 19.3 Å². The SMILES string of the molecule is CC(C)c1cnc(-c2ccc(F)cc2)nc1Nc1ccnc2[nH]cc(C(=O)C(=O)N3CCOCC3)c12. The fourth-order valence-corrected chi connectivity index (χ4v) is 4.14. The summed E-state index contributed by atoms with van der Waals surface area (Å²) in [6.45, 7) is 5.61. The highest BCUT2D eigenvalue weighted by Crippen LogP contribution is 2.32. The molecular formula is C26H25FN6O3. The number of aromatic nitrogens is 4. The lowest BCUT2D eigenvalue weighted by molar-refractivity contribution is -0.130. The van der Waals surface area contributed by atoms with Gasteiger partial charge in [-0.2, -0.15) is 0 Å². The van der Waals surface area contributed by atoms with Gasteiger partial charge in [0.05, 0.1) is 29.9 Å². The second-order valence-corrected chi connectivity index (χ2v) is 8.80. The molecular weight excluding hydrogens is 463 g/mol. The molecule has 0 unspecified atom stereocenters. The number of H-pyrrole nitrogens is 1. The van der Waals surface area contributed by atoms with Gasteiger partial charge >= 0.3 is 0 Å². The Balaban J connectivity index is 1.54. The number of hydrogen-bond donors (Lipinski definition) is 2. The second-order valence-electron chi connectivity index (χ2n) is 8.80. The summed E-state index contributed by atoms with van der Waals surface area (Å²) < 4.78 is 18.7. The van der Waals surface area contributed by atoms with Crippen molar-refractivity contribution in [3.63, 3.8) is 0 Å². The first-order chi connectivity index (χ1) is 17.4. The number of morpholine rings is 1. The lowest BCUT2D eigenvalue weighted by atomic mass is 10.0. The van der Waals surface area contributed by atoms with E-state index in [0.717, 1.165) is 5.56 Å². The van der Waals surface area contributed by atoms with Crippen LogP contribution in [0, 0.1) is 5.82 Å². The fourth-order valence-electron chi connectivity index (χ4n) is 4.14. The Kier molecular flexibility index (Phi) is 6.43. The number of benzene rings is 1. The Labute approximate surface area is 206 Å². The summed E-state index contributed by atoms with van der Waals surface area (Å²) in [5.74, 6) is -0.449. The first kappa shape index (κ1) is 23.6. The van der Waals surface area contributed by atoms with E-state index in [-0.39, 0.29) is 17.3 Å². The molecule has 4 heterocycles. The first-order valence-electron chi connectivity index (χ1n) is 11.7. The largest absolute Gasteiger partial charge is 0.378 e. The van der Waals surface area contributed by atoms with E-state index in [1.54, 1.807) is 30.6 Å². The maximum Gasteiger partial charge on any atom is 0.295 e. The summed E-state index contributed by atoms with van der Waals surface area (Å²) in [6.07, 6.45) is 4.86. The Morgan fingerprint density at radius 1 is 1.11 bits per heavy atom. The molecule has 4 aromatic rings. The van der Waals surface area contributed by atoms with E-state index in [0.29, 0.717) is 60.2 Å². The van der Waals surface area contributed by atoms with Crippen LogP contribution in [0.15, 0.2) is 48.9 Å². The van der Waals surface area contributed by atoms with E-state index in [4.69, 9.17) is 9.72 Å². The number of aromatic amines is 1. The van der Waals surface area contributed by atoms with Crippen LogP contribution in [0.1, 0.15) is 35.7 Å². The van der Waals surface area contributed by atoms with Crippen molar-refractivity contribution in [3.05, 3.63) is 65.9 Å². The average Bonchev–Trinajstić information content (AvgIpc) is 3.34. The Morgan fingerprint density at radius 2 is 1.86 bits per heavy atom. The van der Waals surface area contributed by atoms with E-state index in [9.17, 15) is 14.0 Å². The molecule has 3 aromatic heterocycles. The van der Waals surface area contributed by atoms with Gasteiger partial charge in [-0.3, -0.25) is 9.59 Å². The maximum atomic E-state index is 13.4. The van der Waals surface area contributed by atoms with Crippen LogP contribution in [-0.4, -0.2) is 62.8 Å². The van der Waals surface area contributed by atoms with Crippen LogP contribution in [0.2, 0.25) is 0 Å². The summed E-state index contributed by atoms with van der Waals surface area (Å²) in [4.78, 5) is 44.1. The summed E-state index contributed by atoms with van der Waals surface area (Å²) in [5.41, 5.74) is 2.81. The van der Waals surface area contributed by atoms with Crippen LogP contribution in [0.5, 0.6) is 0 Å². The lowest BCUT2D eigenvalue weighted by Crippen LogP contribution is -2.44. The van der Waals surface area contributed by atoms with Crippen LogP contribution in [0.3, 0.4) is 0 Å². The molecule has 1 aromatic carbocycles. The van der Waals surface area contributed by atoms with Crippen molar-refractivity contribution >= 4 is 34.2 Å². The molecule has 1 aliphatic heterocycles. The molecule has 1 aliphatic rings. The minimum absolute atomic E-state index is 0.0994. The summed E-state index contributed by atoms with van der Waals surface area (Å²) in [5, 5.41) is 3.84. The highest BCUT2D eigenvalue weighted by atomic mass is 19.1. The van der Waals surface area contributed by atoms with Crippen molar-refractivity contribution in [2.24, 2.45) is 0 Å². The van der Waals surface area contributed by atoms with E-state index in [1.165, 1.54) is 23.2 Å². The topological polar surface area (TPSA) is 113 Å². The van der Waals surface area contributed by atoms with Crippen molar-refractivity contribution in [1.29, 1.82) is 0 Å². The molecule has 0 saturated carbocycles. The molecule has 5 rings (SSSR count). The quantitative estimate of drug-likeness (QED) is 0.311. The standard InChI is InChI=1S/C26H25FN6O3/c1-15(2)18-13-29-23(16-3-5-17(27)6-4-16)32-24(18)31-20-7-8-28-25-21(20)19(14-30-25)22(34)26(35)33-9-11-36-12-10-33/h3-8,13-15H,9-12H2,1-2H3,(H2,28,29,30,31,32). The van der Waals surface area contributed by atoms with Gasteiger partial charge in [-0.1, -0.05) is 13.8 Å². The van der Waals surface area contributed by atoms with Crippen LogP contribution < -0.4 is 5.32 Å². The number of rotatable bonds is 6. The highest BCUT2D eigenvalue weighted by molar-refractivity contribution is 6.45. The van der Waals surface area contributed by atoms with E-state index >= 15 is 0 Å². The molecule has 0 radical (unpaired) electrons. The number of halogens is 1. The van der Waals surface area contributed by atoms with Crippen LogP contribution in [-0.2, 0) is 9.53 Å². The number of pyridine rings is 1. The number of ether oxygens (including phenoxy) is 1. The molecule has 0 bridgehead atoms. The number of ketones is 1. The molecule has 1 fully saturated rings. The summed E-state index contributed by atoms with van der Waals surface area (Å²) in [6, 6.07) is 7.69. The number of carbonyl (C=O) groups is 2. The van der Waals surface area contributed by atoms with Crippen molar-refractivity contribution in [3.8, 4) is 11.4 Å². The summed E-state index contributed by atoms with van der Waals surface area (Å²) >= 11 is 0. The van der Waals surface area contributed by atoms with Crippen LogP contribution >= 0.6 is 0 Å². The number of hydrogen-bond acceptors (Lipinski definition) is 7. The number of carbonyl (C=O) groups excluding carboxylic acids is 2. The molecule has 1 amide bonds. The number of fused-ring (bicyclic) bond motifs is 1. The third-order valence-electron chi connectivity index (χ3n) is 6.11. The monoisotopic (exact) mass is 488 g/mol. The van der Waals surface area contributed by atoms with E-state index < -0.39 is 11.7 Å². The Hall–Kier alpha value is -4.18. The minimum Gasteiger partial charge on any atom is -0.378 e. The van der Waals surface area contributed by atoms with Gasteiger partial charge in [0.1, 0.15) is 17.3 Å². The average molecular weight is 489 g/mol. The number of Topliss-reactive ketones (excluding diaryl/α,β-unsaturated/α-hetero) is 1. The van der Waals surface area contributed by atoms with Crippen molar-refractivity contribution in [2.75, 3.05) is 31.6 Å². The van der Waals surface area contributed by atoms with Crippen molar-refractivity contribution < 1.29 is 18.7 Å². The van der Waals surface area contributed by atoms with Gasteiger partial charge in [-0.15, -0.1) is 0 Å². The zero-order valence-corrected chi connectivity index (χ0v) is 19.9. The number of nitrogens with one attached hydrogen (secondary N) is 2. The molecule has 10 heteroatoms. The number of amides is 1. The second kappa shape index (κ2) is 9.82. The van der Waals surface area contributed by atoms with Gasteiger partial charge in [0, 0.05) is 42.8 Å². The van der Waals surface area contributed by atoms with E-state index in [2.05, 4.69) is 20.3 Å². The minimum atomic E-state index is -0.613. The van der Waals surface area contributed by atoms with Crippen LogP contribution in [0.4, 0.5) is 15.9 Å². The fraction of sp³-hybridized carbons (Fsp3) is 0.269. The number of anilines is 2. The summed E-state index contributed by atoms with van der Waals surface area (Å²) in [7, 11) is 0. The van der Waals surface area contributed by atoms with Gasteiger partial charge in [-0.05, 0) is 36.2 Å². The van der Waals surface area contributed by atoms with Crippen molar-refractivity contribution in [1.82, 2.24) is 24.8 Å². The first-order valence-corrected chi connectivity index (χ1v) is 11.7. The smallest absolute Gasteiger partial charge is 0.295 e. The Morgan fingerprint density at radius 3 is 2.58 bits per heavy atom. The van der Waals surface area contributed by atoms with Crippen LogP contribution in [0.25, 0.3) is 22.4 Å². The van der Waals surface area contributed by atoms with E-state index in [1.807, 2.05) is 13.8 Å². The molecule has 9 nitrogen and oxygen atoms in total. The Bertz CT molecular complexity index is 1430. The third kappa shape index (κ3) is 4.55. The molecule has 0 atom stereocenters. The van der Waals surface area contributed by atoms with Gasteiger partial charge in [0.15, 0.2) is 5.82 Å². The molecule has 1 saturated heterocycles. The predicted molar refractivity (Wildman–Crippen MR) is 133 cm³/mol. The molecule has 184 valence electrons. The zero-order chi connectivity index (χ0) is 25.2. The number of nitrogens with zero attached hydrogens (tertiary/aromatic N) is 4. The lowest BCUT2D eigenvalue weighted by Gasteiger charge is -2.26. The van der Waals surface area contributed by atoms with Gasteiger partial charge in [0.2, 0.25) is 0 Å². The molecule has 36 heavy (non-hydrogen) atoms. The maximum absolute atomic E-state index is 13.4. The van der Waals surface area contributed by atoms with Gasteiger partial charge in [0.25, 0.3) is 11.7 Å². The predicted octanol–water partition coefficient (Wildman–Crippen LogP) is 4.07. The normalized spacial score (nSPS) is 13.8. The van der Waals surface area contributed by atoms with Gasteiger partial charge < -0.3 is 19.9 Å². The molecule has 2 N–H and O–H groups in total. The zero-order valence-electron chi connectivity index (χ0n) is 19.9. The molecule has 0 spiro atoms. The third-order valence-corrected chi connectivity index (χ3v) is 6.11. The molecule has 0 aliphatic carbocycles. The highest BCUT2D eigenvalue weighted by Gasteiger charge is 2.28. The van der Waals surface area contributed by atoms with Crippen molar-refractivity contribution in [2.45, 2.75) is 19.8 Å².